The summed E-state index contributed by atoms with van der Waals surface area (Å²) in [6, 6.07) is 21.5. The molecule has 0 saturated carbocycles. The Labute approximate surface area is 179 Å². The number of nitro groups is 1. The van der Waals surface area contributed by atoms with Crippen molar-refractivity contribution in [2.45, 2.75) is 19.8 Å². The van der Waals surface area contributed by atoms with Gasteiger partial charge in [-0.25, -0.2) is 4.79 Å². The molecule has 0 heterocycles. The molecule has 0 radical (unpaired) electrons. The predicted molar refractivity (Wildman–Crippen MR) is 117 cm³/mol. The van der Waals surface area contributed by atoms with Gasteiger partial charge in [0.1, 0.15) is 0 Å². The zero-order valence-corrected chi connectivity index (χ0v) is 16.9. The minimum absolute atomic E-state index is 0.00324. The number of carbonyl (C=O) groups is 2. The Bertz CT molecular complexity index is 1120. The van der Waals surface area contributed by atoms with Gasteiger partial charge in [0.15, 0.2) is 5.71 Å². The highest BCUT2D eigenvalue weighted by Gasteiger charge is 2.19. The van der Waals surface area contributed by atoms with Crippen molar-refractivity contribution in [3.8, 4) is 11.1 Å². The van der Waals surface area contributed by atoms with Crippen LogP contribution in [-0.4, -0.2) is 22.4 Å². The molecule has 0 fully saturated rings. The quantitative estimate of drug-likeness (QED) is 0.165. The van der Waals surface area contributed by atoms with Crippen molar-refractivity contribution in [1.29, 1.82) is 0 Å². The summed E-state index contributed by atoms with van der Waals surface area (Å²) in [6.45, 7) is 1.84. The van der Waals surface area contributed by atoms with Crippen molar-refractivity contribution in [1.82, 2.24) is 0 Å². The van der Waals surface area contributed by atoms with Gasteiger partial charge in [-0.05, 0) is 18.1 Å². The van der Waals surface area contributed by atoms with Gasteiger partial charge >= 0.3 is 5.97 Å². The monoisotopic (exact) mass is 416 g/mol. The van der Waals surface area contributed by atoms with Crippen molar-refractivity contribution in [2.75, 3.05) is 0 Å². The number of nitro benzene ring substituents is 1. The number of hydrogen-bond acceptors (Lipinski definition) is 6. The number of ketones is 1. The molecule has 0 aliphatic rings. The highest BCUT2D eigenvalue weighted by Crippen LogP contribution is 2.29. The summed E-state index contributed by atoms with van der Waals surface area (Å²) in [5.74, 6) is -0.944. The van der Waals surface area contributed by atoms with Gasteiger partial charge in [0.2, 0.25) is 5.78 Å². The van der Waals surface area contributed by atoms with Crippen LogP contribution in [0.15, 0.2) is 84.0 Å². The van der Waals surface area contributed by atoms with Crippen molar-refractivity contribution >= 4 is 23.2 Å². The minimum Gasteiger partial charge on any atom is -0.318 e. The molecule has 0 aliphatic heterocycles. The molecule has 0 bridgehead atoms. The van der Waals surface area contributed by atoms with Crippen molar-refractivity contribution in [3.63, 3.8) is 0 Å². The molecule has 156 valence electrons. The van der Waals surface area contributed by atoms with Crippen molar-refractivity contribution in [3.05, 3.63) is 100 Å². The summed E-state index contributed by atoms with van der Waals surface area (Å²) >= 11 is 0. The Morgan fingerprint density at radius 2 is 1.55 bits per heavy atom. The number of rotatable bonds is 8. The fourth-order valence-electron chi connectivity index (χ4n) is 2.98. The van der Waals surface area contributed by atoms with Crippen LogP contribution in [0.1, 0.15) is 35.7 Å². The van der Waals surface area contributed by atoms with Gasteiger partial charge in [-0.2, -0.15) is 0 Å². The van der Waals surface area contributed by atoms with E-state index < -0.39 is 16.7 Å². The number of Topliss-reactive ketones (excluding diaryl/α,β-unsaturated/α-hetero) is 1. The molecular formula is C24H20N2O5. The van der Waals surface area contributed by atoms with Gasteiger partial charge in [0.25, 0.3) is 5.69 Å². The first-order valence-electron chi connectivity index (χ1n) is 9.73. The number of oxime groups is 1. The fraction of sp³-hybridized carbons (Fsp3) is 0.125. The first kappa shape index (κ1) is 21.6. The Balaban J connectivity index is 1.93. The zero-order valence-electron chi connectivity index (χ0n) is 16.9. The molecule has 3 rings (SSSR count). The molecule has 0 spiro atoms. The molecule has 0 unspecified atom stereocenters. The van der Waals surface area contributed by atoms with E-state index in [4.69, 9.17) is 4.84 Å². The van der Waals surface area contributed by atoms with Gasteiger partial charge in [0, 0.05) is 23.6 Å². The van der Waals surface area contributed by atoms with Crippen LogP contribution in [0.2, 0.25) is 0 Å². The van der Waals surface area contributed by atoms with Crippen LogP contribution in [-0.2, 0) is 9.63 Å². The molecule has 31 heavy (non-hydrogen) atoms. The lowest BCUT2D eigenvalue weighted by molar-refractivity contribution is -0.384. The molecule has 0 amide bonds. The Morgan fingerprint density at radius 1 is 0.903 bits per heavy atom. The van der Waals surface area contributed by atoms with Crippen LogP contribution in [0.4, 0.5) is 5.69 Å². The lowest BCUT2D eigenvalue weighted by atomic mass is 9.97. The van der Waals surface area contributed by atoms with Gasteiger partial charge in [-0.1, -0.05) is 78.8 Å². The second kappa shape index (κ2) is 10.1. The molecule has 0 aliphatic carbocycles. The van der Waals surface area contributed by atoms with Crippen LogP contribution in [0.25, 0.3) is 11.1 Å². The van der Waals surface area contributed by atoms with E-state index in [9.17, 15) is 19.7 Å². The summed E-state index contributed by atoms with van der Waals surface area (Å²) in [7, 11) is 0. The summed E-state index contributed by atoms with van der Waals surface area (Å²) in [6.07, 6.45) is 0.806. The minimum atomic E-state index is -0.518. The second-order valence-corrected chi connectivity index (χ2v) is 6.70. The largest absolute Gasteiger partial charge is 0.335 e. The number of benzene rings is 3. The SMILES string of the molecule is CCCC(=O)O/N=C(\C(=O)c1ccc(-c2ccccc2[N+](=O)[O-])cc1)c1ccccc1. The van der Waals surface area contributed by atoms with Crippen LogP contribution >= 0.6 is 0 Å². The average Bonchev–Trinajstić information content (AvgIpc) is 2.80. The summed E-state index contributed by atoms with van der Waals surface area (Å²) in [4.78, 5) is 40.6. The molecule has 7 heteroatoms. The van der Waals surface area contributed by atoms with Gasteiger partial charge in [0.05, 0.1) is 10.5 Å². The standard InChI is InChI=1S/C24H20N2O5/c1-2-8-22(27)31-25-23(18-9-4-3-5-10-18)24(28)19-15-13-17(14-16-19)20-11-6-7-12-21(20)26(29)30/h3-7,9-16H,2,8H2,1H3/b25-23-. The molecule has 7 nitrogen and oxygen atoms in total. The van der Waals surface area contributed by atoms with Crippen LogP contribution < -0.4 is 0 Å². The van der Waals surface area contributed by atoms with Gasteiger partial charge < -0.3 is 4.84 Å². The third kappa shape index (κ3) is 5.27. The third-order valence-electron chi connectivity index (χ3n) is 4.51. The lowest BCUT2D eigenvalue weighted by Crippen LogP contribution is -2.17. The number of hydrogen-bond donors (Lipinski definition) is 0. The van der Waals surface area contributed by atoms with E-state index in [1.54, 1.807) is 72.8 Å². The van der Waals surface area contributed by atoms with Crippen LogP contribution in [0, 0.1) is 10.1 Å². The highest BCUT2D eigenvalue weighted by molar-refractivity contribution is 6.51. The van der Waals surface area contributed by atoms with E-state index in [1.807, 2.05) is 6.92 Å². The second-order valence-electron chi connectivity index (χ2n) is 6.70. The van der Waals surface area contributed by atoms with Gasteiger partial charge in [-0.15, -0.1) is 0 Å². The molecule has 0 aromatic heterocycles. The predicted octanol–water partition coefficient (Wildman–Crippen LogP) is 5.19. The lowest BCUT2D eigenvalue weighted by Gasteiger charge is -2.08. The van der Waals surface area contributed by atoms with E-state index in [0.717, 1.165) is 0 Å². The third-order valence-corrected chi connectivity index (χ3v) is 4.51. The molecule has 3 aromatic rings. The summed E-state index contributed by atoms with van der Waals surface area (Å²) in [5.41, 5.74) is 1.88. The normalized spacial score (nSPS) is 11.1. The molecule has 0 atom stereocenters. The average molecular weight is 416 g/mol. The highest BCUT2D eigenvalue weighted by atomic mass is 16.7. The zero-order chi connectivity index (χ0) is 22.2. The molecule has 3 aromatic carbocycles. The van der Waals surface area contributed by atoms with Crippen LogP contribution in [0.3, 0.4) is 0 Å². The number of carbonyl (C=O) groups excluding carboxylic acids is 2. The topological polar surface area (TPSA) is 98.9 Å². The van der Waals surface area contributed by atoms with E-state index in [0.29, 0.717) is 28.7 Å². The summed E-state index contributed by atoms with van der Waals surface area (Å²) in [5, 5.41) is 15.1. The Morgan fingerprint density at radius 3 is 2.19 bits per heavy atom. The van der Waals surface area contributed by atoms with Crippen LogP contribution in [0.5, 0.6) is 0 Å². The van der Waals surface area contributed by atoms with E-state index >= 15 is 0 Å². The number of para-hydroxylation sites is 1. The van der Waals surface area contributed by atoms with E-state index in [2.05, 4.69) is 5.16 Å². The number of nitrogens with zero attached hydrogens (tertiary/aromatic N) is 2. The first-order valence-corrected chi connectivity index (χ1v) is 9.73. The Kier molecular flexibility index (Phi) is 7.01. The first-order chi connectivity index (χ1) is 15.0. The summed E-state index contributed by atoms with van der Waals surface area (Å²) < 4.78 is 0. The van der Waals surface area contributed by atoms with E-state index in [1.165, 1.54) is 6.07 Å². The molecule has 0 saturated heterocycles. The molecule has 0 N–H and O–H groups in total. The maximum atomic E-state index is 13.1. The Hall–Kier alpha value is -4.13. The maximum Gasteiger partial charge on any atom is 0.335 e. The smallest absolute Gasteiger partial charge is 0.318 e. The van der Waals surface area contributed by atoms with Gasteiger partial charge in [-0.3, -0.25) is 14.9 Å². The van der Waals surface area contributed by atoms with Crippen molar-refractivity contribution in [2.24, 2.45) is 5.16 Å². The maximum absolute atomic E-state index is 13.1. The molecular weight excluding hydrogens is 396 g/mol. The fourth-order valence-corrected chi connectivity index (χ4v) is 2.98. The van der Waals surface area contributed by atoms with E-state index in [-0.39, 0.29) is 17.8 Å². The van der Waals surface area contributed by atoms with Crippen molar-refractivity contribution < 1.29 is 19.3 Å².